The zero-order valence-corrected chi connectivity index (χ0v) is 18.3. The second-order valence-electron chi connectivity index (χ2n) is 7.48. The van der Waals surface area contributed by atoms with Crippen molar-refractivity contribution in [3.05, 3.63) is 48.0 Å². The van der Waals surface area contributed by atoms with E-state index in [0.29, 0.717) is 30.2 Å². The molecule has 2 amide bonds. The van der Waals surface area contributed by atoms with Crippen molar-refractivity contribution in [2.24, 2.45) is 0 Å². The van der Waals surface area contributed by atoms with Crippen molar-refractivity contribution in [2.75, 3.05) is 64.2 Å². The predicted molar refractivity (Wildman–Crippen MR) is 121 cm³/mol. The molecule has 8 heteroatoms. The standard InChI is InChI=1S/C23H30N4O4/c1-26-12-14-27(15-13-26)18-6-4-17(5-7-18)10-11-24-22(28)23(29)25-20-9-8-19(30-2)16-21(20)31-3/h4-9,16H,10-15H2,1-3H3,(H,24,28)(H,25,29). The third-order valence-electron chi connectivity index (χ3n) is 5.37. The fourth-order valence-corrected chi connectivity index (χ4v) is 3.42. The van der Waals surface area contributed by atoms with E-state index < -0.39 is 11.8 Å². The number of likely N-dealkylation sites (N-methyl/N-ethyl adjacent to an activating group) is 1. The molecule has 1 aliphatic rings. The summed E-state index contributed by atoms with van der Waals surface area (Å²) in [5, 5.41) is 5.23. The van der Waals surface area contributed by atoms with Gasteiger partial charge in [-0.25, -0.2) is 0 Å². The molecule has 3 rings (SSSR count). The van der Waals surface area contributed by atoms with Crippen molar-refractivity contribution >= 4 is 23.2 Å². The van der Waals surface area contributed by atoms with Crippen LogP contribution >= 0.6 is 0 Å². The largest absolute Gasteiger partial charge is 0.497 e. The van der Waals surface area contributed by atoms with Crippen molar-refractivity contribution in [3.8, 4) is 11.5 Å². The fraction of sp³-hybridized carbons (Fsp3) is 0.391. The zero-order valence-electron chi connectivity index (χ0n) is 18.3. The summed E-state index contributed by atoms with van der Waals surface area (Å²) in [7, 11) is 5.17. The maximum absolute atomic E-state index is 12.2. The van der Waals surface area contributed by atoms with Crippen LogP contribution in [0.3, 0.4) is 0 Å². The lowest BCUT2D eigenvalue weighted by atomic mass is 10.1. The number of hydrogen-bond donors (Lipinski definition) is 2. The average Bonchev–Trinajstić information content (AvgIpc) is 2.80. The van der Waals surface area contributed by atoms with Crippen molar-refractivity contribution in [1.29, 1.82) is 0 Å². The molecule has 2 aromatic rings. The number of ether oxygens (including phenoxy) is 2. The molecule has 2 N–H and O–H groups in total. The molecule has 166 valence electrons. The summed E-state index contributed by atoms with van der Waals surface area (Å²) in [6, 6.07) is 13.3. The molecule has 0 atom stereocenters. The highest BCUT2D eigenvalue weighted by Crippen LogP contribution is 2.28. The number of rotatable bonds is 7. The maximum Gasteiger partial charge on any atom is 0.313 e. The van der Waals surface area contributed by atoms with Gasteiger partial charge in [0.1, 0.15) is 11.5 Å². The Balaban J connectivity index is 1.46. The number of carbonyl (C=O) groups is 2. The van der Waals surface area contributed by atoms with Gasteiger partial charge < -0.3 is 29.9 Å². The summed E-state index contributed by atoms with van der Waals surface area (Å²) in [5.74, 6) is -0.417. The molecular weight excluding hydrogens is 396 g/mol. The number of nitrogens with one attached hydrogen (secondary N) is 2. The SMILES string of the molecule is COc1ccc(NC(=O)C(=O)NCCc2ccc(N3CCN(C)CC3)cc2)c(OC)c1. The van der Waals surface area contributed by atoms with E-state index in [2.05, 4.69) is 51.7 Å². The number of methoxy groups -OCH3 is 2. The van der Waals surface area contributed by atoms with E-state index in [1.54, 1.807) is 25.3 Å². The quantitative estimate of drug-likeness (QED) is 0.657. The van der Waals surface area contributed by atoms with Gasteiger partial charge in [0.15, 0.2) is 0 Å². The van der Waals surface area contributed by atoms with E-state index in [4.69, 9.17) is 9.47 Å². The molecule has 0 spiro atoms. The highest BCUT2D eigenvalue weighted by molar-refractivity contribution is 6.39. The Bertz CT molecular complexity index is 893. The normalized spacial score (nSPS) is 14.1. The van der Waals surface area contributed by atoms with Crippen LogP contribution in [0.1, 0.15) is 5.56 Å². The molecule has 1 saturated heterocycles. The van der Waals surface area contributed by atoms with Gasteiger partial charge in [-0.2, -0.15) is 0 Å². The number of amides is 2. The first kappa shape index (κ1) is 22.4. The van der Waals surface area contributed by atoms with Gasteiger partial charge in [-0.15, -0.1) is 0 Å². The van der Waals surface area contributed by atoms with Crippen LogP contribution in [0.2, 0.25) is 0 Å². The molecule has 31 heavy (non-hydrogen) atoms. The Kier molecular flexibility index (Phi) is 7.72. The first-order valence-corrected chi connectivity index (χ1v) is 10.3. The van der Waals surface area contributed by atoms with E-state index in [9.17, 15) is 9.59 Å². The summed E-state index contributed by atoms with van der Waals surface area (Å²) in [6.45, 7) is 4.57. The molecule has 2 aromatic carbocycles. The topological polar surface area (TPSA) is 83.1 Å². The van der Waals surface area contributed by atoms with E-state index in [-0.39, 0.29) is 0 Å². The molecule has 0 radical (unpaired) electrons. The minimum Gasteiger partial charge on any atom is -0.497 e. The molecule has 0 unspecified atom stereocenters. The molecule has 1 fully saturated rings. The lowest BCUT2D eigenvalue weighted by Crippen LogP contribution is -2.44. The lowest BCUT2D eigenvalue weighted by Gasteiger charge is -2.34. The van der Waals surface area contributed by atoms with Crippen LogP contribution in [-0.2, 0) is 16.0 Å². The molecule has 8 nitrogen and oxygen atoms in total. The third kappa shape index (κ3) is 6.11. The van der Waals surface area contributed by atoms with Gasteiger partial charge in [0.25, 0.3) is 0 Å². The highest BCUT2D eigenvalue weighted by atomic mass is 16.5. The monoisotopic (exact) mass is 426 g/mol. The maximum atomic E-state index is 12.2. The number of anilines is 2. The van der Waals surface area contributed by atoms with Gasteiger partial charge in [-0.1, -0.05) is 12.1 Å². The van der Waals surface area contributed by atoms with Gasteiger partial charge >= 0.3 is 11.8 Å². The molecule has 0 bridgehead atoms. The minimum absolute atomic E-state index is 0.375. The Hall–Kier alpha value is -3.26. The van der Waals surface area contributed by atoms with Crippen LogP contribution in [-0.4, -0.2) is 70.7 Å². The van der Waals surface area contributed by atoms with E-state index in [1.807, 2.05) is 0 Å². The van der Waals surface area contributed by atoms with Gasteiger partial charge in [0.05, 0.1) is 19.9 Å². The second-order valence-corrected chi connectivity index (χ2v) is 7.48. The van der Waals surface area contributed by atoms with Crippen LogP contribution in [0, 0.1) is 0 Å². The highest BCUT2D eigenvalue weighted by Gasteiger charge is 2.16. The molecule has 0 aromatic heterocycles. The Labute approximate surface area is 183 Å². The van der Waals surface area contributed by atoms with Gasteiger partial charge in [-0.3, -0.25) is 9.59 Å². The van der Waals surface area contributed by atoms with Crippen molar-refractivity contribution in [1.82, 2.24) is 10.2 Å². The molecule has 1 aliphatic heterocycles. The van der Waals surface area contributed by atoms with Crippen LogP contribution in [0.15, 0.2) is 42.5 Å². The number of nitrogens with zero attached hydrogens (tertiary/aromatic N) is 2. The van der Waals surface area contributed by atoms with Gasteiger partial charge in [0.2, 0.25) is 0 Å². The third-order valence-corrected chi connectivity index (χ3v) is 5.37. The Morgan fingerprint density at radius 2 is 1.65 bits per heavy atom. The van der Waals surface area contributed by atoms with Crippen LogP contribution in [0.4, 0.5) is 11.4 Å². The van der Waals surface area contributed by atoms with Gasteiger partial charge in [0, 0.05) is 44.5 Å². The summed E-state index contributed by atoms with van der Waals surface area (Å²) in [6.07, 6.45) is 0.647. The summed E-state index contributed by atoms with van der Waals surface area (Å²) < 4.78 is 10.4. The van der Waals surface area contributed by atoms with E-state index in [0.717, 1.165) is 31.7 Å². The van der Waals surface area contributed by atoms with Crippen molar-refractivity contribution < 1.29 is 19.1 Å². The fourth-order valence-electron chi connectivity index (χ4n) is 3.42. The lowest BCUT2D eigenvalue weighted by molar-refractivity contribution is -0.136. The molecule has 0 saturated carbocycles. The number of carbonyl (C=O) groups excluding carboxylic acids is 2. The van der Waals surface area contributed by atoms with E-state index >= 15 is 0 Å². The Morgan fingerprint density at radius 1 is 0.935 bits per heavy atom. The number of benzene rings is 2. The average molecular weight is 427 g/mol. The van der Waals surface area contributed by atoms with Crippen molar-refractivity contribution in [2.45, 2.75) is 6.42 Å². The molecule has 0 aliphatic carbocycles. The zero-order chi connectivity index (χ0) is 22.2. The molecule has 1 heterocycles. The predicted octanol–water partition coefficient (Wildman–Crippen LogP) is 1.75. The smallest absolute Gasteiger partial charge is 0.313 e. The number of piperazine rings is 1. The van der Waals surface area contributed by atoms with Crippen LogP contribution in [0.25, 0.3) is 0 Å². The summed E-state index contributed by atoms with van der Waals surface area (Å²) in [4.78, 5) is 29.1. The van der Waals surface area contributed by atoms with Gasteiger partial charge in [-0.05, 0) is 43.3 Å². The number of hydrogen-bond acceptors (Lipinski definition) is 6. The Morgan fingerprint density at radius 3 is 2.29 bits per heavy atom. The first-order valence-electron chi connectivity index (χ1n) is 10.3. The van der Waals surface area contributed by atoms with Crippen LogP contribution in [0.5, 0.6) is 11.5 Å². The minimum atomic E-state index is -0.742. The second kappa shape index (κ2) is 10.7. The van der Waals surface area contributed by atoms with Crippen LogP contribution < -0.4 is 25.0 Å². The summed E-state index contributed by atoms with van der Waals surface area (Å²) >= 11 is 0. The van der Waals surface area contributed by atoms with E-state index in [1.165, 1.54) is 12.8 Å². The summed E-state index contributed by atoms with van der Waals surface area (Å²) in [5.41, 5.74) is 2.73. The first-order chi connectivity index (χ1) is 15.0. The van der Waals surface area contributed by atoms with Crippen molar-refractivity contribution in [3.63, 3.8) is 0 Å². The molecular formula is C23H30N4O4.